The van der Waals surface area contributed by atoms with Gasteiger partial charge in [0.1, 0.15) is 0 Å². The first-order chi connectivity index (χ1) is 5.07. The van der Waals surface area contributed by atoms with Gasteiger partial charge in [0, 0.05) is 0 Å². The summed E-state index contributed by atoms with van der Waals surface area (Å²) in [6.07, 6.45) is 3.04. The summed E-state index contributed by atoms with van der Waals surface area (Å²) in [7, 11) is 0. The van der Waals surface area contributed by atoms with Gasteiger partial charge >= 0.3 is 5.97 Å². The summed E-state index contributed by atoms with van der Waals surface area (Å²) in [6, 6.07) is 0. The molecule has 0 saturated heterocycles. The average molecular weight is 286 g/mol. The Balaban J connectivity index is 3.89. The SMILES string of the molecule is CCC(CC=C(Br)Br)C(=O)O. The first-order valence-corrected chi connectivity index (χ1v) is 4.90. The van der Waals surface area contributed by atoms with Gasteiger partial charge in [-0.1, -0.05) is 13.0 Å². The molecule has 0 bridgehead atoms. The smallest absolute Gasteiger partial charge is 0.306 e. The molecule has 64 valence electrons. The third-order valence-corrected chi connectivity index (χ3v) is 2.05. The van der Waals surface area contributed by atoms with E-state index >= 15 is 0 Å². The van der Waals surface area contributed by atoms with Crippen molar-refractivity contribution in [2.75, 3.05) is 0 Å². The van der Waals surface area contributed by atoms with Crippen molar-refractivity contribution >= 4 is 37.8 Å². The molecule has 0 rings (SSSR count). The highest BCUT2D eigenvalue weighted by molar-refractivity contribution is 9.28. The normalized spacial score (nSPS) is 12.3. The van der Waals surface area contributed by atoms with Crippen LogP contribution in [0.2, 0.25) is 0 Å². The molecule has 1 N–H and O–H groups in total. The highest BCUT2D eigenvalue weighted by atomic mass is 79.9. The van der Waals surface area contributed by atoms with Crippen molar-refractivity contribution in [3.8, 4) is 0 Å². The lowest BCUT2D eigenvalue weighted by Crippen LogP contribution is -2.11. The summed E-state index contributed by atoms with van der Waals surface area (Å²) >= 11 is 6.33. The minimum Gasteiger partial charge on any atom is -0.481 e. The summed E-state index contributed by atoms with van der Waals surface area (Å²) in [6.45, 7) is 1.87. The van der Waals surface area contributed by atoms with Gasteiger partial charge in [0.2, 0.25) is 0 Å². The molecule has 0 radical (unpaired) electrons. The molecule has 1 unspecified atom stereocenters. The van der Waals surface area contributed by atoms with Gasteiger partial charge in [0.15, 0.2) is 0 Å². The Hall–Kier alpha value is 0.170. The van der Waals surface area contributed by atoms with Crippen LogP contribution in [0.3, 0.4) is 0 Å². The number of halogens is 2. The van der Waals surface area contributed by atoms with E-state index in [9.17, 15) is 4.79 Å². The van der Waals surface area contributed by atoms with Gasteiger partial charge in [-0.2, -0.15) is 0 Å². The molecule has 4 heteroatoms. The van der Waals surface area contributed by atoms with Crippen molar-refractivity contribution in [2.24, 2.45) is 5.92 Å². The van der Waals surface area contributed by atoms with Crippen molar-refractivity contribution < 1.29 is 9.90 Å². The molecule has 11 heavy (non-hydrogen) atoms. The van der Waals surface area contributed by atoms with E-state index in [1.54, 1.807) is 0 Å². The Kier molecular flexibility index (Phi) is 5.86. The third-order valence-electron chi connectivity index (χ3n) is 1.40. The van der Waals surface area contributed by atoms with Crippen LogP contribution in [0.1, 0.15) is 19.8 Å². The number of hydrogen-bond acceptors (Lipinski definition) is 1. The Bertz CT molecular complexity index is 162. The van der Waals surface area contributed by atoms with Gasteiger partial charge in [0.05, 0.1) is 9.31 Å². The van der Waals surface area contributed by atoms with Crippen molar-refractivity contribution in [2.45, 2.75) is 19.8 Å². The molecule has 2 nitrogen and oxygen atoms in total. The van der Waals surface area contributed by atoms with Crippen LogP contribution < -0.4 is 0 Å². The van der Waals surface area contributed by atoms with Crippen LogP contribution in [0.25, 0.3) is 0 Å². The van der Waals surface area contributed by atoms with E-state index in [-0.39, 0.29) is 5.92 Å². The number of carboxylic acid groups (broad SMARTS) is 1. The van der Waals surface area contributed by atoms with Crippen LogP contribution in [-0.4, -0.2) is 11.1 Å². The largest absolute Gasteiger partial charge is 0.481 e. The fraction of sp³-hybridized carbons (Fsp3) is 0.571. The minimum atomic E-state index is -0.731. The molecule has 0 aromatic heterocycles. The zero-order valence-electron chi connectivity index (χ0n) is 6.18. The predicted molar refractivity (Wildman–Crippen MR) is 52.0 cm³/mol. The van der Waals surface area contributed by atoms with E-state index in [0.29, 0.717) is 12.8 Å². The van der Waals surface area contributed by atoms with Crippen molar-refractivity contribution in [3.05, 3.63) is 9.47 Å². The van der Waals surface area contributed by atoms with Crippen LogP contribution >= 0.6 is 31.9 Å². The molecule has 0 spiro atoms. The van der Waals surface area contributed by atoms with Crippen molar-refractivity contribution in [1.82, 2.24) is 0 Å². The molecule has 0 aliphatic rings. The Morgan fingerprint density at radius 2 is 2.18 bits per heavy atom. The van der Waals surface area contributed by atoms with E-state index < -0.39 is 5.97 Å². The molecular weight excluding hydrogens is 276 g/mol. The molecule has 0 aromatic rings. The molecule has 1 atom stereocenters. The second-order valence-electron chi connectivity index (χ2n) is 2.17. The second-order valence-corrected chi connectivity index (χ2v) is 4.95. The fourth-order valence-corrected chi connectivity index (χ4v) is 1.05. The van der Waals surface area contributed by atoms with E-state index in [0.717, 1.165) is 3.39 Å². The average Bonchev–Trinajstić information content (AvgIpc) is 1.87. The zero-order chi connectivity index (χ0) is 8.85. The van der Waals surface area contributed by atoms with Crippen LogP contribution in [0.5, 0.6) is 0 Å². The molecule has 0 amide bonds. The van der Waals surface area contributed by atoms with Crippen molar-refractivity contribution in [3.63, 3.8) is 0 Å². The molecule has 0 aliphatic carbocycles. The van der Waals surface area contributed by atoms with Crippen LogP contribution in [0, 0.1) is 5.92 Å². The van der Waals surface area contributed by atoms with E-state index in [1.807, 2.05) is 13.0 Å². The number of hydrogen-bond donors (Lipinski definition) is 1. The maximum Gasteiger partial charge on any atom is 0.306 e. The van der Waals surface area contributed by atoms with Gasteiger partial charge in [-0.15, -0.1) is 0 Å². The number of carbonyl (C=O) groups is 1. The minimum absolute atomic E-state index is 0.264. The Labute approximate surface area is 82.9 Å². The van der Waals surface area contributed by atoms with Gasteiger partial charge in [0.25, 0.3) is 0 Å². The molecular formula is C7H10Br2O2. The number of rotatable bonds is 4. The van der Waals surface area contributed by atoms with E-state index in [1.165, 1.54) is 0 Å². The maximum atomic E-state index is 10.5. The standard InChI is InChI=1S/C7H10Br2O2/c1-2-5(7(10)11)3-4-6(8)9/h4-5H,2-3H2,1H3,(H,10,11). The quantitative estimate of drug-likeness (QED) is 0.862. The lowest BCUT2D eigenvalue weighted by Gasteiger charge is -2.04. The number of allylic oxidation sites excluding steroid dienone is 1. The van der Waals surface area contributed by atoms with E-state index in [2.05, 4.69) is 31.9 Å². The molecule has 0 aromatic carbocycles. The van der Waals surface area contributed by atoms with Gasteiger partial charge < -0.3 is 5.11 Å². The third kappa shape index (κ3) is 5.44. The summed E-state index contributed by atoms with van der Waals surface area (Å²) < 4.78 is 0.810. The molecule has 0 saturated carbocycles. The summed E-state index contributed by atoms with van der Waals surface area (Å²) in [4.78, 5) is 10.5. The highest BCUT2D eigenvalue weighted by Crippen LogP contribution is 2.17. The molecule has 0 heterocycles. The monoisotopic (exact) mass is 284 g/mol. The molecule has 0 aliphatic heterocycles. The zero-order valence-corrected chi connectivity index (χ0v) is 9.35. The second kappa shape index (κ2) is 5.77. The number of aliphatic carboxylic acids is 1. The predicted octanol–water partition coefficient (Wildman–Crippen LogP) is 3.12. The van der Waals surface area contributed by atoms with E-state index in [4.69, 9.17) is 5.11 Å². The topological polar surface area (TPSA) is 37.3 Å². The fourth-order valence-electron chi connectivity index (χ4n) is 0.673. The maximum absolute atomic E-state index is 10.5. The lowest BCUT2D eigenvalue weighted by molar-refractivity contribution is -0.141. The van der Waals surface area contributed by atoms with Gasteiger partial charge in [-0.3, -0.25) is 4.79 Å². The van der Waals surface area contributed by atoms with Crippen molar-refractivity contribution in [1.29, 1.82) is 0 Å². The Morgan fingerprint density at radius 3 is 2.45 bits per heavy atom. The number of carboxylic acids is 1. The first kappa shape index (κ1) is 11.2. The van der Waals surface area contributed by atoms with Gasteiger partial charge in [-0.05, 0) is 44.7 Å². The van der Waals surface area contributed by atoms with Gasteiger partial charge in [-0.25, -0.2) is 0 Å². The van der Waals surface area contributed by atoms with Crippen LogP contribution in [-0.2, 0) is 4.79 Å². The van der Waals surface area contributed by atoms with Crippen LogP contribution in [0.4, 0.5) is 0 Å². The molecule has 0 fully saturated rings. The highest BCUT2D eigenvalue weighted by Gasteiger charge is 2.12. The first-order valence-electron chi connectivity index (χ1n) is 3.31. The lowest BCUT2D eigenvalue weighted by atomic mass is 10.0. The Morgan fingerprint density at radius 1 is 1.64 bits per heavy atom. The summed E-state index contributed by atoms with van der Waals surface area (Å²) in [5.74, 6) is -0.995. The van der Waals surface area contributed by atoms with Crippen LogP contribution in [0.15, 0.2) is 9.47 Å². The summed E-state index contributed by atoms with van der Waals surface area (Å²) in [5, 5.41) is 8.63. The summed E-state index contributed by atoms with van der Waals surface area (Å²) in [5.41, 5.74) is 0.